The van der Waals surface area contributed by atoms with E-state index in [1.165, 1.54) is 28.0 Å². The molecule has 1 N–H and O–H groups in total. The molecule has 1 aromatic carbocycles. The van der Waals surface area contributed by atoms with Crippen molar-refractivity contribution in [1.82, 2.24) is 4.90 Å². The topological polar surface area (TPSA) is 77.9 Å². The molecule has 2 aliphatic rings. The number of fused-ring (bicyclic) bond motifs is 1. The number of anilines is 1. The van der Waals surface area contributed by atoms with Crippen molar-refractivity contribution in [1.29, 1.82) is 0 Å². The summed E-state index contributed by atoms with van der Waals surface area (Å²) in [6.07, 6.45) is 0.134. The molecular weight excluding hydrogens is 447 g/mol. The van der Waals surface area contributed by atoms with Gasteiger partial charge in [0.05, 0.1) is 0 Å². The molecule has 2 heterocycles. The quantitative estimate of drug-likeness (QED) is 0.311. The van der Waals surface area contributed by atoms with E-state index in [2.05, 4.69) is 6.07 Å². The number of hydrogen-bond donors (Lipinski definition) is 1. The van der Waals surface area contributed by atoms with Gasteiger partial charge >= 0.3 is 163 Å². The van der Waals surface area contributed by atoms with E-state index in [0.717, 1.165) is 10.3 Å². The van der Waals surface area contributed by atoms with Gasteiger partial charge in [0, 0.05) is 0 Å². The molecular formula is C15H16N2O4S3Se. The first-order chi connectivity index (χ1) is 11.7. The van der Waals surface area contributed by atoms with Crippen LogP contribution in [0.25, 0.3) is 0 Å². The van der Waals surface area contributed by atoms with Crippen LogP contribution in [0.3, 0.4) is 0 Å². The molecule has 6 nitrogen and oxygen atoms in total. The number of thiocarbonyl (C=S) groups is 1. The molecule has 0 spiro atoms. The molecule has 1 unspecified atom stereocenters. The Morgan fingerprint density at radius 3 is 2.68 bits per heavy atom. The average Bonchev–Trinajstić information content (AvgIpc) is 3.02. The molecule has 10 heteroatoms. The fraction of sp³-hybridized carbons (Fsp3) is 0.333. The van der Waals surface area contributed by atoms with Crippen molar-refractivity contribution in [3.8, 4) is 0 Å². The fourth-order valence-corrected chi connectivity index (χ4v) is 6.93. The minimum atomic E-state index is -4.11. The zero-order valence-corrected chi connectivity index (χ0v) is 17.7. The Balaban J connectivity index is 1.81. The van der Waals surface area contributed by atoms with Gasteiger partial charge in [-0.3, -0.25) is 0 Å². The third-order valence-corrected chi connectivity index (χ3v) is 9.62. The Labute approximate surface area is 162 Å². The van der Waals surface area contributed by atoms with Gasteiger partial charge in [0.15, 0.2) is 0 Å². The summed E-state index contributed by atoms with van der Waals surface area (Å²) in [6, 6.07) is 8.04. The van der Waals surface area contributed by atoms with E-state index in [1.807, 2.05) is 30.1 Å². The van der Waals surface area contributed by atoms with E-state index in [9.17, 15) is 13.2 Å². The van der Waals surface area contributed by atoms with Gasteiger partial charge in [-0.25, -0.2) is 0 Å². The number of rotatable bonds is 4. The molecule has 1 amide bonds. The van der Waals surface area contributed by atoms with Gasteiger partial charge in [0.1, 0.15) is 0 Å². The van der Waals surface area contributed by atoms with E-state index >= 15 is 0 Å². The van der Waals surface area contributed by atoms with E-state index in [4.69, 9.17) is 16.8 Å². The zero-order valence-electron chi connectivity index (χ0n) is 13.5. The molecule has 3 rings (SSSR count). The molecule has 1 aromatic rings. The monoisotopic (exact) mass is 464 g/mol. The second-order valence-corrected chi connectivity index (χ2v) is 11.3. The van der Waals surface area contributed by atoms with Gasteiger partial charge in [-0.2, -0.15) is 0 Å². The number of para-hydroxylation sites is 1. The Bertz CT molecular complexity index is 885. The van der Waals surface area contributed by atoms with Crippen LogP contribution in [0.5, 0.6) is 0 Å². The normalized spacial score (nSPS) is 21.9. The summed E-state index contributed by atoms with van der Waals surface area (Å²) >= 11 is 6.60. The molecule has 25 heavy (non-hydrogen) atoms. The van der Waals surface area contributed by atoms with Gasteiger partial charge in [-0.15, -0.1) is 0 Å². The SMILES string of the molecule is CC(CCN1C(=O)/C(=C2\[Se]c3ccccc3N2C)SC1=S)S(=O)(=O)O. The van der Waals surface area contributed by atoms with Crippen molar-refractivity contribution in [2.45, 2.75) is 18.6 Å². The molecule has 134 valence electrons. The van der Waals surface area contributed by atoms with Crippen LogP contribution >= 0.6 is 24.0 Å². The summed E-state index contributed by atoms with van der Waals surface area (Å²) in [4.78, 5) is 16.9. The van der Waals surface area contributed by atoms with Gasteiger partial charge in [-0.05, 0) is 0 Å². The molecule has 1 atom stereocenters. The number of carbonyl (C=O) groups is 1. The van der Waals surface area contributed by atoms with Crippen LogP contribution in [0.4, 0.5) is 5.69 Å². The van der Waals surface area contributed by atoms with Gasteiger partial charge in [0.2, 0.25) is 0 Å². The van der Waals surface area contributed by atoms with Gasteiger partial charge < -0.3 is 0 Å². The standard InChI is InChI=1S/C15H16N2O4S3Se/c1-9(24(19,20)21)7-8-17-13(18)12(23-15(17)22)14-16(2)10-5-3-4-6-11(10)25-14/h3-6,9H,7-8H2,1-2H3,(H,19,20,21)/b14-12+. The maximum atomic E-state index is 12.8. The molecule has 0 aromatic heterocycles. The van der Waals surface area contributed by atoms with E-state index in [-0.39, 0.29) is 33.8 Å². The minimum absolute atomic E-state index is 0.0245. The Morgan fingerprint density at radius 2 is 2.04 bits per heavy atom. The maximum absolute atomic E-state index is 12.8. The number of amides is 1. The van der Waals surface area contributed by atoms with Crippen molar-refractivity contribution in [2.75, 3.05) is 18.5 Å². The fourth-order valence-electron chi connectivity index (χ4n) is 2.48. The zero-order chi connectivity index (χ0) is 18.4. The predicted molar refractivity (Wildman–Crippen MR) is 105 cm³/mol. The molecule has 0 aliphatic carbocycles. The molecule has 2 aliphatic heterocycles. The van der Waals surface area contributed by atoms with Crippen LogP contribution in [0, 0.1) is 0 Å². The van der Waals surface area contributed by atoms with Crippen LogP contribution in [0.2, 0.25) is 0 Å². The van der Waals surface area contributed by atoms with Crippen LogP contribution < -0.4 is 9.36 Å². The molecule has 1 saturated heterocycles. The summed E-state index contributed by atoms with van der Waals surface area (Å²) in [5.41, 5.74) is 1.10. The van der Waals surface area contributed by atoms with Crippen molar-refractivity contribution < 1.29 is 17.8 Å². The summed E-state index contributed by atoms with van der Waals surface area (Å²) in [7, 11) is -2.17. The number of benzene rings is 1. The summed E-state index contributed by atoms with van der Waals surface area (Å²) in [6.45, 7) is 1.59. The van der Waals surface area contributed by atoms with Crippen molar-refractivity contribution in [3.63, 3.8) is 0 Å². The summed E-state index contributed by atoms with van der Waals surface area (Å²) in [5, 5.41) is -0.938. The van der Waals surface area contributed by atoms with E-state index in [0.29, 0.717) is 9.23 Å². The van der Waals surface area contributed by atoms with Crippen molar-refractivity contribution in [3.05, 3.63) is 33.8 Å². The molecule has 0 bridgehead atoms. The van der Waals surface area contributed by atoms with E-state index < -0.39 is 15.4 Å². The first kappa shape index (κ1) is 18.9. The second kappa shape index (κ2) is 7.02. The molecule has 0 radical (unpaired) electrons. The van der Waals surface area contributed by atoms with Crippen LogP contribution in [-0.4, -0.2) is 61.9 Å². The van der Waals surface area contributed by atoms with Gasteiger partial charge in [0.25, 0.3) is 0 Å². The third-order valence-electron chi connectivity index (χ3n) is 4.05. The summed E-state index contributed by atoms with van der Waals surface area (Å²) < 4.78 is 34.0. The number of nitrogens with zero attached hydrogens (tertiary/aromatic N) is 2. The van der Waals surface area contributed by atoms with Crippen molar-refractivity contribution in [2.24, 2.45) is 0 Å². The average molecular weight is 463 g/mol. The molecule has 0 saturated carbocycles. The molecule has 1 fully saturated rings. The first-order valence-corrected chi connectivity index (χ1v) is 11.9. The Kier molecular flexibility index (Phi) is 5.30. The van der Waals surface area contributed by atoms with Crippen LogP contribution in [0.15, 0.2) is 33.8 Å². The number of carbonyl (C=O) groups excluding carboxylic acids is 1. The van der Waals surface area contributed by atoms with Gasteiger partial charge in [-0.1, -0.05) is 0 Å². The van der Waals surface area contributed by atoms with Crippen LogP contribution in [-0.2, 0) is 14.9 Å². The number of hydrogen-bond acceptors (Lipinski definition) is 6. The number of thioether (sulfide) groups is 1. The van der Waals surface area contributed by atoms with E-state index in [1.54, 1.807) is 0 Å². The first-order valence-electron chi connectivity index (χ1n) is 7.45. The predicted octanol–water partition coefficient (Wildman–Crippen LogP) is 1.16. The Morgan fingerprint density at radius 1 is 1.36 bits per heavy atom. The second-order valence-electron chi connectivity index (χ2n) is 5.70. The Hall–Kier alpha value is -0.901. The van der Waals surface area contributed by atoms with Crippen LogP contribution in [0.1, 0.15) is 13.3 Å². The third kappa shape index (κ3) is 3.65. The van der Waals surface area contributed by atoms with Crippen molar-refractivity contribution >= 4 is 69.4 Å². The summed E-state index contributed by atoms with van der Waals surface area (Å²) in [5.74, 6) is -0.186.